The Hall–Kier alpha value is -2.29. The Kier molecular flexibility index (Phi) is 3.63. The molecule has 3 nitrogen and oxygen atoms in total. The molecule has 0 aliphatic carbocycles. The summed E-state index contributed by atoms with van der Waals surface area (Å²) in [7, 11) is 1.60. The van der Waals surface area contributed by atoms with Crippen molar-refractivity contribution in [2.45, 2.75) is 5.92 Å². The lowest BCUT2D eigenvalue weighted by atomic mass is 9.92. The second-order valence-corrected chi connectivity index (χ2v) is 3.98. The molecule has 2 rings (SSSR count). The number of hydrogen-bond acceptors (Lipinski definition) is 3. The van der Waals surface area contributed by atoms with Crippen LogP contribution in [-0.2, 0) is 4.79 Å². The van der Waals surface area contributed by atoms with Crippen molar-refractivity contribution in [3.8, 4) is 11.5 Å². The van der Waals surface area contributed by atoms with Crippen LogP contribution in [0.4, 0.5) is 0 Å². The second kappa shape index (κ2) is 5.36. The first-order chi connectivity index (χ1) is 8.74. The number of carbonyl (C=O) groups excluding carboxylic acids is 1. The number of aldehydes is 1. The van der Waals surface area contributed by atoms with Crippen LogP contribution in [0.1, 0.15) is 17.0 Å². The quantitative estimate of drug-likeness (QED) is 0.838. The summed E-state index contributed by atoms with van der Waals surface area (Å²) in [5.74, 6) is 0.628. The molecule has 2 aromatic rings. The van der Waals surface area contributed by atoms with E-state index in [-0.39, 0.29) is 11.7 Å². The summed E-state index contributed by atoms with van der Waals surface area (Å²) < 4.78 is 5.08. The summed E-state index contributed by atoms with van der Waals surface area (Å²) in [4.78, 5) is 11.3. The van der Waals surface area contributed by atoms with E-state index in [2.05, 4.69) is 0 Å². The topological polar surface area (TPSA) is 46.5 Å². The van der Waals surface area contributed by atoms with Gasteiger partial charge in [0.05, 0.1) is 13.0 Å². The van der Waals surface area contributed by atoms with Gasteiger partial charge in [-0.15, -0.1) is 0 Å². The molecule has 2 aromatic carbocycles. The fraction of sp³-hybridized carbons (Fsp3) is 0.133. The molecule has 0 saturated carbocycles. The Morgan fingerprint density at radius 2 is 1.50 bits per heavy atom. The van der Waals surface area contributed by atoms with Crippen LogP contribution in [0.3, 0.4) is 0 Å². The van der Waals surface area contributed by atoms with Crippen molar-refractivity contribution in [1.29, 1.82) is 0 Å². The Morgan fingerprint density at radius 1 is 1.00 bits per heavy atom. The van der Waals surface area contributed by atoms with E-state index in [1.165, 1.54) is 0 Å². The minimum Gasteiger partial charge on any atom is -0.508 e. The smallest absolute Gasteiger partial charge is 0.131 e. The Bertz CT molecular complexity index is 514. The fourth-order valence-electron chi connectivity index (χ4n) is 1.84. The highest BCUT2D eigenvalue weighted by Crippen LogP contribution is 2.25. The molecule has 0 aliphatic heterocycles. The SMILES string of the molecule is COc1ccc(C(C=O)c2ccc(O)cc2)cc1. The minimum absolute atomic E-state index is 0.193. The molecule has 18 heavy (non-hydrogen) atoms. The van der Waals surface area contributed by atoms with Crippen LogP contribution in [-0.4, -0.2) is 18.5 Å². The standard InChI is InChI=1S/C15H14O3/c1-18-14-8-4-12(5-9-14)15(10-16)11-2-6-13(17)7-3-11/h2-10,15,17H,1H3. The lowest BCUT2D eigenvalue weighted by molar-refractivity contribution is -0.108. The van der Waals surface area contributed by atoms with Gasteiger partial charge < -0.3 is 14.6 Å². The van der Waals surface area contributed by atoms with Crippen LogP contribution >= 0.6 is 0 Å². The molecule has 0 amide bonds. The molecule has 0 saturated heterocycles. The number of carbonyl (C=O) groups is 1. The van der Waals surface area contributed by atoms with Gasteiger partial charge in [-0.3, -0.25) is 0 Å². The first-order valence-electron chi connectivity index (χ1n) is 5.63. The molecule has 0 aliphatic rings. The summed E-state index contributed by atoms with van der Waals surface area (Å²) in [5, 5.41) is 9.25. The van der Waals surface area contributed by atoms with Crippen molar-refractivity contribution in [3.63, 3.8) is 0 Å². The molecular formula is C15H14O3. The van der Waals surface area contributed by atoms with E-state index in [0.29, 0.717) is 0 Å². The average molecular weight is 242 g/mol. The van der Waals surface area contributed by atoms with Gasteiger partial charge in [-0.05, 0) is 35.4 Å². The van der Waals surface area contributed by atoms with Crippen molar-refractivity contribution in [2.75, 3.05) is 7.11 Å². The molecule has 0 aromatic heterocycles. The van der Waals surface area contributed by atoms with Crippen LogP contribution in [0.5, 0.6) is 11.5 Å². The maximum Gasteiger partial charge on any atom is 0.131 e. The summed E-state index contributed by atoms with van der Waals surface area (Å²) in [6, 6.07) is 14.0. The number of benzene rings is 2. The summed E-state index contributed by atoms with van der Waals surface area (Å²) in [6.45, 7) is 0. The fourth-order valence-corrected chi connectivity index (χ4v) is 1.84. The van der Waals surface area contributed by atoms with Gasteiger partial charge in [-0.1, -0.05) is 24.3 Å². The van der Waals surface area contributed by atoms with Crippen LogP contribution in [0.15, 0.2) is 48.5 Å². The predicted molar refractivity (Wildman–Crippen MR) is 69.0 cm³/mol. The number of ether oxygens (including phenoxy) is 1. The summed E-state index contributed by atoms with van der Waals surface area (Å²) in [5.41, 5.74) is 1.75. The zero-order valence-electron chi connectivity index (χ0n) is 10.0. The summed E-state index contributed by atoms with van der Waals surface area (Å²) in [6.07, 6.45) is 0.897. The normalized spacial score (nSPS) is 11.8. The molecule has 0 radical (unpaired) electrons. The predicted octanol–water partition coefficient (Wildman–Crippen LogP) is 2.73. The number of phenols is 1. The van der Waals surface area contributed by atoms with Gasteiger partial charge in [0.15, 0.2) is 0 Å². The van der Waals surface area contributed by atoms with Gasteiger partial charge in [-0.25, -0.2) is 0 Å². The Labute approximate surface area is 106 Å². The number of phenolic OH excluding ortho intramolecular Hbond substituents is 1. The number of hydrogen-bond donors (Lipinski definition) is 1. The molecule has 0 spiro atoms. The van der Waals surface area contributed by atoms with Crippen LogP contribution in [0.25, 0.3) is 0 Å². The molecule has 92 valence electrons. The van der Waals surface area contributed by atoms with E-state index >= 15 is 0 Å². The van der Waals surface area contributed by atoms with Crippen molar-refractivity contribution < 1.29 is 14.6 Å². The van der Waals surface area contributed by atoms with Crippen molar-refractivity contribution in [3.05, 3.63) is 59.7 Å². The highest BCUT2D eigenvalue weighted by molar-refractivity contribution is 5.68. The Balaban J connectivity index is 2.32. The third-order valence-corrected chi connectivity index (χ3v) is 2.86. The van der Waals surface area contributed by atoms with Crippen LogP contribution in [0, 0.1) is 0 Å². The van der Waals surface area contributed by atoms with E-state index in [1.54, 1.807) is 31.4 Å². The number of methoxy groups -OCH3 is 1. The van der Waals surface area contributed by atoms with Gasteiger partial charge in [0, 0.05) is 0 Å². The van der Waals surface area contributed by atoms with Gasteiger partial charge >= 0.3 is 0 Å². The molecule has 0 heterocycles. The largest absolute Gasteiger partial charge is 0.508 e. The molecule has 1 unspecified atom stereocenters. The highest BCUT2D eigenvalue weighted by atomic mass is 16.5. The first-order valence-corrected chi connectivity index (χ1v) is 5.63. The third kappa shape index (κ3) is 2.51. The van der Waals surface area contributed by atoms with Crippen molar-refractivity contribution in [2.24, 2.45) is 0 Å². The molecule has 1 N–H and O–H groups in total. The first kappa shape index (κ1) is 12.2. The molecular weight excluding hydrogens is 228 g/mol. The highest BCUT2D eigenvalue weighted by Gasteiger charge is 2.13. The lowest BCUT2D eigenvalue weighted by Gasteiger charge is -2.11. The van der Waals surface area contributed by atoms with E-state index < -0.39 is 0 Å². The lowest BCUT2D eigenvalue weighted by Crippen LogP contribution is -2.02. The zero-order valence-corrected chi connectivity index (χ0v) is 10.0. The van der Waals surface area contributed by atoms with Gasteiger partial charge in [0.2, 0.25) is 0 Å². The molecule has 3 heteroatoms. The maximum atomic E-state index is 11.3. The van der Waals surface area contributed by atoms with E-state index in [9.17, 15) is 9.90 Å². The van der Waals surface area contributed by atoms with Crippen LogP contribution in [0.2, 0.25) is 0 Å². The third-order valence-electron chi connectivity index (χ3n) is 2.86. The van der Waals surface area contributed by atoms with Gasteiger partial charge in [0.1, 0.15) is 17.8 Å². The Morgan fingerprint density at radius 3 is 1.94 bits per heavy atom. The minimum atomic E-state index is -0.323. The second-order valence-electron chi connectivity index (χ2n) is 3.98. The van der Waals surface area contributed by atoms with Gasteiger partial charge in [-0.2, -0.15) is 0 Å². The number of rotatable bonds is 4. The number of aromatic hydroxyl groups is 1. The van der Waals surface area contributed by atoms with Crippen molar-refractivity contribution in [1.82, 2.24) is 0 Å². The van der Waals surface area contributed by atoms with E-state index in [4.69, 9.17) is 4.74 Å². The average Bonchev–Trinajstić information content (AvgIpc) is 2.42. The molecule has 0 bridgehead atoms. The van der Waals surface area contributed by atoms with E-state index in [1.807, 2.05) is 24.3 Å². The van der Waals surface area contributed by atoms with E-state index in [0.717, 1.165) is 23.2 Å². The maximum absolute atomic E-state index is 11.3. The molecule has 0 fully saturated rings. The van der Waals surface area contributed by atoms with Crippen molar-refractivity contribution >= 4 is 6.29 Å². The molecule has 1 atom stereocenters. The van der Waals surface area contributed by atoms with Crippen LogP contribution < -0.4 is 4.74 Å². The van der Waals surface area contributed by atoms with Gasteiger partial charge in [0.25, 0.3) is 0 Å². The zero-order chi connectivity index (χ0) is 13.0. The monoisotopic (exact) mass is 242 g/mol. The summed E-state index contributed by atoms with van der Waals surface area (Å²) >= 11 is 0.